The van der Waals surface area contributed by atoms with Crippen LogP contribution in [-0.2, 0) is 0 Å². The van der Waals surface area contributed by atoms with Crippen molar-refractivity contribution in [1.29, 1.82) is 0 Å². The van der Waals surface area contributed by atoms with Gasteiger partial charge >= 0.3 is 0 Å². The monoisotopic (exact) mass is 156 g/mol. The van der Waals surface area contributed by atoms with Gasteiger partial charge in [-0.15, -0.1) is 0 Å². The fourth-order valence-corrected chi connectivity index (χ4v) is 3.93. The van der Waals surface area contributed by atoms with Crippen molar-refractivity contribution in [2.45, 2.75) is 38.5 Å². The van der Waals surface area contributed by atoms with Crippen LogP contribution in [0.3, 0.4) is 0 Å². The predicted octanol–water partition coefficient (Wildman–Crippen LogP) is 3.07. The second-order valence-electron chi connectivity index (χ2n) is 3.86. The maximum atomic E-state index is 2.18. The van der Waals surface area contributed by atoms with Crippen molar-refractivity contribution in [3.05, 3.63) is 0 Å². The highest BCUT2D eigenvalue weighted by Gasteiger charge is 2.34. The van der Waals surface area contributed by atoms with Crippen LogP contribution in [0.1, 0.15) is 38.5 Å². The maximum absolute atomic E-state index is 2.18. The summed E-state index contributed by atoms with van der Waals surface area (Å²) in [5.74, 6) is 2.92. The van der Waals surface area contributed by atoms with E-state index in [0.29, 0.717) is 0 Å². The molecule has 1 aliphatic carbocycles. The van der Waals surface area contributed by atoms with Crippen molar-refractivity contribution in [2.75, 3.05) is 11.5 Å². The van der Waals surface area contributed by atoms with Crippen LogP contribution >= 0.6 is 11.8 Å². The SMILES string of the molecule is C1CCC2(CC1)CCSC2. The summed E-state index contributed by atoms with van der Waals surface area (Å²) in [6.07, 6.45) is 9.14. The first kappa shape index (κ1) is 7.02. The lowest BCUT2D eigenvalue weighted by Crippen LogP contribution is -2.22. The lowest BCUT2D eigenvalue weighted by molar-refractivity contribution is 0.225. The fourth-order valence-electron chi connectivity index (χ4n) is 2.35. The Balaban J connectivity index is 1.98. The van der Waals surface area contributed by atoms with E-state index in [0.717, 1.165) is 5.41 Å². The van der Waals surface area contributed by atoms with Gasteiger partial charge in [0.15, 0.2) is 0 Å². The second kappa shape index (κ2) is 2.77. The van der Waals surface area contributed by atoms with Gasteiger partial charge in [-0.25, -0.2) is 0 Å². The van der Waals surface area contributed by atoms with Gasteiger partial charge in [0, 0.05) is 0 Å². The highest BCUT2D eigenvalue weighted by molar-refractivity contribution is 7.99. The minimum Gasteiger partial charge on any atom is -0.161 e. The quantitative estimate of drug-likeness (QED) is 0.519. The van der Waals surface area contributed by atoms with Crippen LogP contribution in [-0.4, -0.2) is 11.5 Å². The van der Waals surface area contributed by atoms with Gasteiger partial charge in [-0.05, 0) is 36.2 Å². The van der Waals surface area contributed by atoms with Gasteiger partial charge in [0.25, 0.3) is 0 Å². The average Bonchev–Trinajstić information content (AvgIpc) is 2.39. The summed E-state index contributed by atoms with van der Waals surface area (Å²) in [4.78, 5) is 0. The molecule has 0 atom stereocenters. The Morgan fingerprint density at radius 1 is 0.900 bits per heavy atom. The Kier molecular flexibility index (Phi) is 1.94. The summed E-state index contributed by atoms with van der Waals surface area (Å²) in [6, 6.07) is 0. The summed E-state index contributed by atoms with van der Waals surface area (Å²) in [6.45, 7) is 0. The van der Waals surface area contributed by atoms with Crippen LogP contribution in [0.25, 0.3) is 0 Å². The van der Waals surface area contributed by atoms with Gasteiger partial charge < -0.3 is 0 Å². The van der Waals surface area contributed by atoms with Crippen molar-refractivity contribution >= 4 is 11.8 Å². The molecule has 0 unspecified atom stereocenters. The molecule has 0 nitrogen and oxygen atoms in total. The Morgan fingerprint density at radius 2 is 1.70 bits per heavy atom. The first-order valence-corrected chi connectivity index (χ1v) is 5.65. The molecular weight excluding hydrogens is 140 g/mol. The molecule has 0 N–H and O–H groups in total. The Hall–Kier alpha value is 0.350. The van der Waals surface area contributed by atoms with Gasteiger partial charge in [-0.2, -0.15) is 11.8 Å². The number of rotatable bonds is 0. The zero-order chi connectivity index (χ0) is 6.86. The number of thioether (sulfide) groups is 1. The summed E-state index contributed by atoms with van der Waals surface area (Å²) >= 11 is 2.18. The van der Waals surface area contributed by atoms with Crippen molar-refractivity contribution < 1.29 is 0 Å². The van der Waals surface area contributed by atoms with E-state index in [1.165, 1.54) is 37.2 Å². The van der Waals surface area contributed by atoms with Crippen molar-refractivity contribution in [3.8, 4) is 0 Å². The van der Waals surface area contributed by atoms with E-state index >= 15 is 0 Å². The van der Waals surface area contributed by atoms with E-state index in [1.807, 2.05) is 0 Å². The molecule has 1 heterocycles. The van der Waals surface area contributed by atoms with Crippen molar-refractivity contribution in [1.82, 2.24) is 0 Å². The Morgan fingerprint density at radius 3 is 2.30 bits per heavy atom. The van der Waals surface area contributed by atoms with Crippen molar-refractivity contribution in [3.63, 3.8) is 0 Å². The largest absolute Gasteiger partial charge is 0.161 e. The first-order valence-electron chi connectivity index (χ1n) is 4.49. The van der Waals surface area contributed by atoms with E-state index in [4.69, 9.17) is 0 Å². The molecule has 0 radical (unpaired) electrons. The lowest BCUT2D eigenvalue weighted by atomic mass is 9.74. The van der Waals surface area contributed by atoms with E-state index in [9.17, 15) is 0 Å². The molecular formula is C9H16S. The topological polar surface area (TPSA) is 0 Å². The van der Waals surface area contributed by atoms with Gasteiger partial charge in [0.2, 0.25) is 0 Å². The normalized spacial score (nSPS) is 31.2. The third kappa shape index (κ3) is 1.20. The van der Waals surface area contributed by atoms with Crippen molar-refractivity contribution in [2.24, 2.45) is 5.41 Å². The summed E-state index contributed by atoms with van der Waals surface area (Å²) in [5, 5.41) is 0. The zero-order valence-electron chi connectivity index (χ0n) is 6.57. The average molecular weight is 156 g/mol. The molecule has 10 heavy (non-hydrogen) atoms. The van der Waals surface area contributed by atoms with E-state index in [1.54, 1.807) is 12.8 Å². The third-order valence-corrected chi connectivity index (χ3v) is 4.41. The highest BCUT2D eigenvalue weighted by atomic mass is 32.2. The molecule has 0 aromatic rings. The second-order valence-corrected chi connectivity index (χ2v) is 4.97. The van der Waals surface area contributed by atoms with E-state index < -0.39 is 0 Å². The van der Waals surface area contributed by atoms with Crippen LogP contribution < -0.4 is 0 Å². The Labute approximate surface area is 67.8 Å². The minimum absolute atomic E-state index is 0.836. The van der Waals surface area contributed by atoms with Gasteiger partial charge in [-0.1, -0.05) is 19.3 Å². The first-order chi connectivity index (χ1) is 4.91. The molecule has 2 aliphatic rings. The number of hydrogen-bond donors (Lipinski definition) is 0. The molecule has 0 aromatic heterocycles. The predicted molar refractivity (Wildman–Crippen MR) is 47.5 cm³/mol. The van der Waals surface area contributed by atoms with Crippen LogP contribution in [0.5, 0.6) is 0 Å². The molecule has 1 saturated carbocycles. The van der Waals surface area contributed by atoms with Crippen LogP contribution in [0, 0.1) is 5.41 Å². The van der Waals surface area contributed by atoms with Crippen LogP contribution in [0.15, 0.2) is 0 Å². The smallest absolute Gasteiger partial charge is 0.00105 e. The van der Waals surface area contributed by atoms with E-state index in [-0.39, 0.29) is 0 Å². The van der Waals surface area contributed by atoms with Crippen LogP contribution in [0.2, 0.25) is 0 Å². The summed E-state index contributed by atoms with van der Waals surface area (Å²) < 4.78 is 0. The van der Waals surface area contributed by atoms with Gasteiger partial charge in [0.05, 0.1) is 0 Å². The van der Waals surface area contributed by atoms with Crippen LogP contribution in [0.4, 0.5) is 0 Å². The summed E-state index contributed by atoms with van der Waals surface area (Å²) in [5.41, 5.74) is 0.836. The van der Waals surface area contributed by atoms with Gasteiger partial charge in [-0.3, -0.25) is 0 Å². The van der Waals surface area contributed by atoms with E-state index in [2.05, 4.69) is 11.8 Å². The lowest BCUT2D eigenvalue weighted by Gasteiger charge is -2.32. The summed E-state index contributed by atoms with van der Waals surface area (Å²) in [7, 11) is 0. The molecule has 1 aliphatic heterocycles. The number of hydrogen-bond acceptors (Lipinski definition) is 1. The molecule has 0 aromatic carbocycles. The fraction of sp³-hybridized carbons (Fsp3) is 1.00. The maximum Gasteiger partial charge on any atom is -0.00105 e. The molecule has 1 spiro atoms. The van der Waals surface area contributed by atoms with Gasteiger partial charge in [0.1, 0.15) is 0 Å². The molecule has 58 valence electrons. The third-order valence-electron chi connectivity index (χ3n) is 3.10. The zero-order valence-corrected chi connectivity index (χ0v) is 7.38. The molecule has 2 rings (SSSR count). The molecule has 1 heteroatoms. The molecule has 2 fully saturated rings. The molecule has 0 amide bonds. The standard InChI is InChI=1S/C9H16S/c1-2-4-9(5-3-1)6-7-10-8-9/h1-8H2. The molecule has 0 bridgehead atoms. The minimum atomic E-state index is 0.836. The highest BCUT2D eigenvalue weighted by Crippen LogP contribution is 2.46. The Bertz CT molecular complexity index is 106. The molecule has 1 saturated heterocycles.